The first-order valence-corrected chi connectivity index (χ1v) is 7.25. The number of carbonyl (C=O) groups is 1. The van der Waals surface area contributed by atoms with Crippen molar-refractivity contribution in [2.24, 2.45) is 0 Å². The maximum absolute atomic E-state index is 11.9. The molecule has 3 heteroatoms. The summed E-state index contributed by atoms with van der Waals surface area (Å²) in [5.74, 6) is 1.26. The van der Waals surface area contributed by atoms with Gasteiger partial charge in [-0.2, -0.15) is 0 Å². The Hall–Kier alpha value is -1.61. The molecule has 19 heavy (non-hydrogen) atoms. The molecule has 0 fully saturated rings. The number of Topliss-reactive ketones (excluding diaryl/α,β-unsaturated/α-hetero) is 1. The average Bonchev–Trinajstić information content (AvgIpc) is 2.89. The summed E-state index contributed by atoms with van der Waals surface area (Å²) in [7, 11) is 0. The summed E-state index contributed by atoms with van der Waals surface area (Å²) < 4.78 is 5.62. The maximum Gasteiger partial charge on any atom is 0.210 e. The van der Waals surface area contributed by atoms with E-state index >= 15 is 0 Å². The summed E-state index contributed by atoms with van der Waals surface area (Å²) in [6.07, 6.45) is 0. The van der Waals surface area contributed by atoms with E-state index in [2.05, 4.69) is 19.9 Å². The van der Waals surface area contributed by atoms with Crippen LogP contribution in [-0.2, 0) is 0 Å². The highest BCUT2D eigenvalue weighted by Crippen LogP contribution is 2.23. The van der Waals surface area contributed by atoms with Gasteiger partial charge < -0.3 is 4.74 Å². The molecular weight excluding hydrogens is 256 g/mol. The van der Waals surface area contributed by atoms with Crippen LogP contribution in [0.15, 0.2) is 35.7 Å². The summed E-state index contributed by atoms with van der Waals surface area (Å²) in [5.41, 5.74) is 2.39. The minimum absolute atomic E-state index is 0.0302. The van der Waals surface area contributed by atoms with Crippen molar-refractivity contribution in [3.63, 3.8) is 0 Å². The van der Waals surface area contributed by atoms with Gasteiger partial charge in [0.05, 0.1) is 4.88 Å². The molecule has 0 radical (unpaired) electrons. The van der Waals surface area contributed by atoms with Gasteiger partial charge in [-0.3, -0.25) is 4.79 Å². The Morgan fingerprint density at radius 1 is 1.32 bits per heavy atom. The van der Waals surface area contributed by atoms with E-state index in [1.165, 1.54) is 16.9 Å². The van der Waals surface area contributed by atoms with E-state index in [-0.39, 0.29) is 12.4 Å². The second-order valence-corrected chi connectivity index (χ2v) is 5.87. The third-order valence-electron chi connectivity index (χ3n) is 2.91. The van der Waals surface area contributed by atoms with Crippen molar-refractivity contribution < 1.29 is 9.53 Å². The largest absolute Gasteiger partial charge is 0.485 e. The van der Waals surface area contributed by atoms with Crippen molar-refractivity contribution in [3.05, 3.63) is 51.7 Å². The number of carbonyl (C=O) groups excluding carboxylic acids is 1. The first kappa shape index (κ1) is 13.8. The van der Waals surface area contributed by atoms with Crippen molar-refractivity contribution in [3.8, 4) is 5.75 Å². The Morgan fingerprint density at radius 3 is 2.74 bits per heavy atom. The van der Waals surface area contributed by atoms with Crippen molar-refractivity contribution in [1.82, 2.24) is 0 Å². The number of hydrogen-bond acceptors (Lipinski definition) is 3. The molecule has 1 aromatic carbocycles. The molecule has 0 bridgehead atoms. The number of rotatable bonds is 5. The molecule has 0 aliphatic carbocycles. The number of benzene rings is 1. The monoisotopic (exact) mass is 274 g/mol. The molecule has 0 saturated heterocycles. The van der Waals surface area contributed by atoms with Crippen LogP contribution >= 0.6 is 11.3 Å². The SMILES string of the molecule is Cc1cc(OCC(=O)c2cccs2)cc(C(C)C)c1. The van der Waals surface area contributed by atoms with Crippen LogP contribution in [0.2, 0.25) is 0 Å². The smallest absolute Gasteiger partial charge is 0.210 e. The topological polar surface area (TPSA) is 26.3 Å². The summed E-state index contributed by atoms with van der Waals surface area (Å²) in [6.45, 7) is 6.44. The van der Waals surface area contributed by atoms with Crippen LogP contribution in [0.1, 0.15) is 40.6 Å². The van der Waals surface area contributed by atoms with Crippen LogP contribution in [0.25, 0.3) is 0 Å². The standard InChI is InChI=1S/C16H18O2S/c1-11(2)13-7-12(3)8-14(9-13)18-10-15(17)16-5-4-6-19-16/h4-9,11H,10H2,1-3H3. The molecule has 0 saturated carbocycles. The van der Waals surface area contributed by atoms with Gasteiger partial charge in [0.1, 0.15) is 5.75 Å². The van der Waals surface area contributed by atoms with Crippen LogP contribution in [0, 0.1) is 6.92 Å². The first-order chi connectivity index (χ1) is 9.06. The van der Waals surface area contributed by atoms with Crippen molar-refractivity contribution in [2.75, 3.05) is 6.61 Å². The zero-order valence-corrected chi connectivity index (χ0v) is 12.3. The molecule has 0 amide bonds. The maximum atomic E-state index is 11.9. The van der Waals surface area contributed by atoms with E-state index in [9.17, 15) is 4.79 Å². The van der Waals surface area contributed by atoms with E-state index in [1.807, 2.05) is 36.6 Å². The lowest BCUT2D eigenvalue weighted by Gasteiger charge is -2.11. The Balaban J connectivity index is 2.05. The molecule has 0 atom stereocenters. The van der Waals surface area contributed by atoms with Crippen LogP contribution in [-0.4, -0.2) is 12.4 Å². The number of thiophene rings is 1. The van der Waals surface area contributed by atoms with Crippen LogP contribution < -0.4 is 4.74 Å². The highest BCUT2D eigenvalue weighted by Gasteiger charge is 2.09. The number of aryl methyl sites for hydroxylation is 1. The highest BCUT2D eigenvalue weighted by molar-refractivity contribution is 7.12. The van der Waals surface area contributed by atoms with Gasteiger partial charge in [0, 0.05) is 0 Å². The van der Waals surface area contributed by atoms with Crippen LogP contribution in [0.3, 0.4) is 0 Å². The predicted octanol–water partition coefficient (Wildman–Crippen LogP) is 4.44. The summed E-state index contributed by atoms with van der Waals surface area (Å²) in [6, 6.07) is 9.83. The van der Waals surface area contributed by atoms with Crippen LogP contribution in [0.5, 0.6) is 5.75 Å². The van der Waals surface area contributed by atoms with Gasteiger partial charge in [-0.25, -0.2) is 0 Å². The van der Waals surface area contributed by atoms with Crippen molar-refractivity contribution in [2.45, 2.75) is 26.7 Å². The Labute approximate surface area is 118 Å². The molecule has 0 spiro atoms. The van der Waals surface area contributed by atoms with Crippen LogP contribution in [0.4, 0.5) is 0 Å². The van der Waals surface area contributed by atoms with E-state index in [0.717, 1.165) is 16.2 Å². The Morgan fingerprint density at radius 2 is 2.11 bits per heavy atom. The number of ketones is 1. The fraction of sp³-hybridized carbons (Fsp3) is 0.312. The third-order valence-corrected chi connectivity index (χ3v) is 3.82. The van der Waals surface area contributed by atoms with Gasteiger partial charge >= 0.3 is 0 Å². The molecule has 2 rings (SSSR count). The summed E-state index contributed by atoms with van der Waals surface area (Å²) >= 11 is 1.45. The van der Waals surface area contributed by atoms with E-state index in [4.69, 9.17) is 4.74 Å². The lowest BCUT2D eigenvalue weighted by Crippen LogP contribution is -2.10. The molecule has 2 aromatic rings. The third kappa shape index (κ3) is 3.67. The van der Waals surface area contributed by atoms with Crippen molar-refractivity contribution >= 4 is 17.1 Å². The van der Waals surface area contributed by atoms with Gasteiger partial charge in [-0.05, 0) is 47.5 Å². The molecule has 2 nitrogen and oxygen atoms in total. The van der Waals surface area contributed by atoms with E-state index < -0.39 is 0 Å². The normalized spacial score (nSPS) is 10.7. The predicted molar refractivity (Wildman–Crippen MR) is 79.4 cm³/mol. The fourth-order valence-electron chi connectivity index (χ4n) is 1.85. The Kier molecular flexibility index (Phi) is 4.38. The first-order valence-electron chi connectivity index (χ1n) is 6.37. The zero-order valence-electron chi connectivity index (χ0n) is 11.5. The molecule has 100 valence electrons. The molecule has 0 N–H and O–H groups in total. The summed E-state index contributed by atoms with van der Waals surface area (Å²) in [5, 5.41) is 1.90. The van der Waals surface area contributed by atoms with Gasteiger partial charge in [-0.1, -0.05) is 26.0 Å². The number of hydrogen-bond donors (Lipinski definition) is 0. The second kappa shape index (κ2) is 6.02. The molecule has 1 aromatic heterocycles. The summed E-state index contributed by atoms with van der Waals surface area (Å²) in [4.78, 5) is 12.6. The van der Waals surface area contributed by atoms with E-state index in [0.29, 0.717) is 5.92 Å². The fourth-order valence-corrected chi connectivity index (χ4v) is 2.50. The lowest BCUT2D eigenvalue weighted by atomic mass is 10.0. The molecule has 0 aliphatic heterocycles. The van der Waals surface area contributed by atoms with Crippen molar-refractivity contribution in [1.29, 1.82) is 0 Å². The van der Waals surface area contributed by atoms with E-state index in [1.54, 1.807) is 0 Å². The van der Waals surface area contributed by atoms with Gasteiger partial charge in [0.2, 0.25) is 5.78 Å². The van der Waals surface area contributed by atoms with Gasteiger partial charge in [0.15, 0.2) is 6.61 Å². The minimum atomic E-state index is 0.0302. The molecule has 0 unspecified atom stereocenters. The quantitative estimate of drug-likeness (QED) is 0.753. The average molecular weight is 274 g/mol. The highest BCUT2D eigenvalue weighted by atomic mass is 32.1. The Bertz CT molecular complexity index is 556. The van der Waals surface area contributed by atoms with Gasteiger partial charge in [0.25, 0.3) is 0 Å². The molecule has 1 heterocycles. The minimum Gasteiger partial charge on any atom is -0.485 e. The molecule has 0 aliphatic rings. The zero-order chi connectivity index (χ0) is 13.8. The second-order valence-electron chi connectivity index (χ2n) is 4.92. The number of ether oxygens (including phenoxy) is 1. The lowest BCUT2D eigenvalue weighted by molar-refractivity contribution is 0.0925. The molecular formula is C16H18O2S. The van der Waals surface area contributed by atoms with Gasteiger partial charge in [-0.15, -0.1) is 11.3 Å².